The molecule has 3 N–H and O–H groups in total. The molecular weight excluding hydrogens is 340 g/mol. The molecular formula is C15H10O8S. The van der Waals surface area contributed by atoms with Gasteiger partial charge in [0.05, 0.1) is 26.5 Å². The summed E-state index contributed by atoms with van der Waals surface area (Å²) in [7, 11) is -4.13. The van der Waals surface area contributed by atoms with Crippen LogP contribution < -0.4 is 0 Å². The molecule has 0 aliphatic rings. The van der Waals surface area contributed by atoms with E-state index in [1.165, 1.54) is 0 Å². The molecule has 0 spiro atoms. The molecule has 8 nitrogen and oxygen atoms in total. The first-order chi connectivity index (χ1) is 11.1. The van der Waals surface area contributed by atoms with Crippen molar-refractivity contribution in [2.24, 2.45) is 0 Å². The van der Waals surface area contributed by atoms with E-state index in [1.807, 2.05) is 0 Å². The second-order valence-corrected chi connectivity index (χ2v) is 6.60. The van der Waals surface area contributed by atoms with Crippen molar-refractivity contribution in [1.29, 1.82) is 0 Å². The van der Waals surface area contributed by atoms with Gasteiger partial charge in [0.25, 0.3) is 0 Å². The zero-order valence-corrected chi connectivity index (χ0v) is 12.6. The Hall–Kier alpha value is -3.20. The Morgan fingerprint density at radius 2 is 1.17 bits per heavy atom. The van der Waals surface area contributed by atoms with E-state index in [1.54, 1.807) is 0 Å². The number of rotatable bonds is 5. The number of carbonyl (C=O) groups is 3. The van der Waals surface area contributed by atoms with E-state index >= 15 is 0 Å². The maximum absolute atomic E-state index is 12.5. The third-order valence-electron chi connectivity index (χ3n) is 3.17. The number of hydrogen-bond donors (Lipinski definition) is 3. The summed E-state index contributed by atoms with van der Waals surface area (Å²) in [6, 6.07) is 6.97. The van der Waals surface area contributed by atoms with Gasteiger partial charge in [0.1, 0.15) is 0 Å². The van der Waals surface area contributed by atoms with Crippen LogP contribution in [0.1, 0.15) is 31.1 Å². The van der Waals surface area contributed by atoms with Gasteiger partial charge in [0.2, 0.25) is 9.84 Å². The Bertz CT molecular complexity index is 942. The SMILES string of the molecule is O=C(O)c1ccc(S(=O)(=O)c2ccc(C(=O)O)c(C(=O)O)c2)cc1. The average Bonchev–Trinajstić information content (AvgIpc) is 2.54. The molecule has 0 radical (unpaired) electrons. The largest absolute Gasteiger partial charge is 0.478 e. The molecule has 0 saturated carbocycles. The molecule has 2 aromatic carbocycles. The maximum Gasteiger partial charge on any atom is 0.336 e. The Morgan fingerprint density at radius 3 is 1.62 bits per heavy atom. The molecule has 0 unspecified atom stereocenters. The highest BCUT2D eigenvalue weighted by Gasteiger charge is 2.23. The minimum absolute atomic E-state index is 0.110. The number of aromatic carboxylic acids is 3. The predicted octanol–water partition coefficient (Wildman–Crippen LogP) is 1.61. The zero-order chi connectivity index (χ0) is 18.1. The molecule has 24 heavy (non-hydrogen) atoms. The lowest BCUT2D eigenvalue weighted by atomic mass is 10.1. The highest BCUT2D eigenvalue weighted by molar-refractivity contribution is 7.91. The van der Waals surface area contributed by atoms with Gasteiger partial charge in [-0.2, -0.15) is 0 Å². The lowest BCUT2D eigenvalue weighted by Crippen LogP contribution is -2.11. The maximum atomic E-state index is 12.5. The fourth-order valence-electron chi connectivity index (χ4n) is 1.97. The first-order valence-corrected chi connectivity index (χ1v) is 7.82. The molecule has 0 aliphatic carbocycles. The molecule has 0 atom stereocenters. The summed E-state index contributed by atoms with van der Waals surface area (Å²) in [5.74, 6) is -4.30. The number of benzene rings is 2. The fourth-order valence-corrected chi connectivity index (χ4v) is 3.25. The summed E-state index contributed by atoms with van der Waals surface area (Å²) in [6.45, 7) is 0. The molecule has 124 valence electrons. The molecule has 0 heterocycles. The van der Waals surface area contributed by atoms with E-state index in [-0.39, 0.29) is 10.5 Å². The van der Waals surface area contributed by atoms with Crippen LogP contribution in [0.25, 0.3) is 0 Å². The van der Waals surface area contributed by atoms with Crippen LogP contribution in [-0.2, 0) is 9.84 Å². The van der Waals surface area contributed by atoms with E-state index in [2.05, 4.69) is 0 Å². The Balaban J connectivity index is 2.57. The van der Waals surface area contributed by atoms with Crippen molar-refractivity contribution in [3.05, 3.63) is 59.2 Å². The van der Waals surface area contributed by atoms with E-state index in [9.17, 15) is 22.8 Å². The van der Waals surface area contributed by atoms with Gasteiger partial charge in [0.15, 0.2) is 0 Å². The highest BCUT2D eigenvalue weighted by Crippen LogP contribution is 2.24. The van der Waals surface area contributed by atoms with Crippen molar-refractivity contribution in [1.82, 2.24) is 0 Å². The third-order valence-corrected chi connectivity index (χ3v) is 4.94. The average molecular weight is 350 g/mol. The molecule has 2 rings (SSSR count). The van der Waals surface area contributed by atoms with Crippen LogP contribution in [0.4, 0.5) is 0 Å². The van der Waals surface area contributed by atoms with Crippen molar-refractivity contribution in [2.75, 3.05) is 0 Å². The van der Waals surface area contributed by atoms with Crippen molar-refractivity contribution >= 4 is 27.7 Å². The molecule has 0 aromatic heterocycles. The molecule has 0 fully saturated rings. The summed E-state index contributed by atoms with van der Waals surface area (Å²) in [6.07, 6.45) is 0. The summed E-state index contributed by atoms with van der Waals surface area (Å²) in [5, 5.41) is 26.8. The van der Waals surface area contributed by atoms with Gasteiger partial charge >= 0.3 is 17.9 Å². The van der Waals surface area contributed by atoms with Gasteiger partial charge in [-0.05, 0) is 42.5 Å². The van der Waals surface area contributed by atoms with E-state index in [0.717, 1.165) is 42.5 Å². The van der Waals surface area contributed by atoms with E-state index < -0.39 is 43.8 Å². The summed E-state index contributed by atoms with van der Waals surface area (Å²) in [5.41, 5.74) is -1.31. The van der Waals surface area contributed by atoms with Crippen LogP contribution in [0.2, 0.25) is 0 Å². The molecule has 9 heteroatoms. The molecule has 0 saturated heterocycles. The normalized spacial score (nSPS) is 11.0. The number of carboxylic acid groups (broad SMARTS) is 3. The topological polar surface area (TPSA) is 146 Å². The monoisotopic (exact) mass is 350 g/mol. The van der Waals surface area contributed by atoms with Crippen molar-refractivity contribution in [3.8, 4) is 0 Å². The quantitative estimate of drug-likeness (QED) is 0.737. The highest BCUT2D eigenvalue weighted by atomic mass is 32.2. The van der Waals surface area contributed by atoms with Crippen LogP contribution >= 0.6 is 0 Å². The Morgan fingerprint density at radius 1 is 0.667 bits per heavy atom. The Kier molecular flexibility index (Phi) is 4.38. The number of sulfone groups is 1. The van der Waals surface area contributed by atoms with Crippen molar-refractivity contribution in [3.63, 3.8) is 0 Å². The second kappa shape index (κ2) is 6.13. The van der Waals surface area contributed by atoms with Gasteiger partial charge < -0.3 is 15.3 Å². The van der Waals surface area contributed by atoms with Gasteiger partial charge in [-0.15, -0.1) is 0 Å². The van der Waals surface area contributed by atoms with Gasteiger partial charge in [-0.25, -0.2) is 22.8 Å². The first kappa shape index (κ1) is 17.2. The zero-order valence-electron chi connectivity index (χ0n) is 11.8. The Labute approximate surface area is 135 Å². The standard InChI is InChI=1S/C15H10O8S/c16-13(17)8-1-3-9(4-2-8)24(22,23)10-5-6-11(14(18)19)12(7-10)15(20)21/h1-7H,(H,16,17)(H,18,19)(H,20,21). The van der Waals surface area contributed by atoms with Gasteiger partial charge in [-0.3, -0.25) is 0 Å². The lowest BCUT2D eigenvalue weighted by molar-refractivity contribution is 0.0651. The molecule has 0 amide bonds. The number of hydrogen-bond acceptors (Lipinski definition) is 5. The predicted molar refractivity (Wildman–Crippen MR) is 79.2 cm³/mol. The summed E-state index contributed by atoms with van der Waals surface area (Å²) < 4.78 is 25.0. The minimum Gasteiger partial charge on any atom is -0.478 e. The smallest absolute Gasteiger partial charge is 0.336 e. The van der Waals surface area contributed by atoms with Gasteiger partial charge in [0, 0.05) is 0 Å². The van der Waals surface area contributed by atoms with Crippen LogP contribution in [-0.4, -0.2) is 41.6 Å². The van der Waals surface area contributed by atoms with Gasteiger partial charge in [-0.1, -0.05) is 0 Å². The van der Waals surface area contributed by atoms with E-state index in [0.29, 0.717) is 0 Å². The van der Waals surface area contributed by atoms with Crippen molar-refractivity contribution < 1.29 is 38.1 Å². The minimum atomic E-state index is -4.13. The molecule has 0 aliphatic heterocycles. The summed E-state index contributed by atoms with van der Waals surface area (Å²) >= 11 is 0. The van der Waals surface area contributed by atoms with Crippen LogP contribution in [0.15, 0.2) is 52.3 Å². The molecule has 0 bridgehead atoms. The summed E-state index contributed by atoms with van der Waals surface area (Å²) in [4.78, 5) is 32.3. The third kappa shape index (κ3) is 3.10. The van der Waals surface area contributed by atoms with Crippen LogP contribution in [0.5, 0.6) is 0 Å². The lowest BCUT2D eigenvalue weighted by Gasteiger charge is -2.08. The van der Waals surface area contributed by atoms with Crippen molar-refractivity contribution in [2.45, 2.75) is 9.79 Å². The van der Waals surface area contributed by atoms with Crippen LogP contribution in [0.3, 0.4) is 0 Å². The fraction of sp³-hybridized carbons (Fsp3) is 0. The number of carboxylic acids is 3. The first-order valence-electron chi connectivity index (χ1n) is 6.33. The molecule has 2 aromatic rings. The van der Waals surface area contributed by atoms with Crippen LogP contribution in [0, 0.1) is 0 Å². The van der Waals surface area contributed by atoms with E-state index in [4.69, 9.17) is 15.3 Å². The second-order valence-electron chi connectivity index (χ2n) is 4.65.